The van der Waals surface area contributed by atoms with Crippen molar-refractivity contribution in [3.05, 3.63) is 70.8 Å². The van der Waals surface area contributed by atoms with Crippen LogP contribution in [0.15, 0.2) is 42.5 Å². The van der Waals surface area contributed by atoms with Gasteiger partial charge >= 0.3 is 0 Å². The molecule has 3 rings (SSSR count). The van der Waals surface area contributed by atoms with Gasteiger partial charge in [-0.15, -0.1) is 0 Å². The summed E-state index contributed by atoms with van der Waals surface area (Å²) in [6.07, 6.45) is 0. The van der Waals surface area contributed by atoms with Gasteiger partial charge in [0.1, 0.15) is 11.6 Å². The summed E-state index contributed by atoms with van der Waals surface area (Å²) in [5, 5.41) is 3.20. The monoisotopic (exact) mass is 316 g/mol. The van der Waals surface area contributed by atoms with Crippen LogP contribution in [0, 0.1) is 18.6 Å². The number of halogens is 2. The molecule has 0 spiro atoms. The molecule has 1 atom stereocenters. The molecule has 2 aromatic carbocycles. The molecule has 0 aromatic heterocycles. The molecule has 1 unspecified atom stereocenters. The molecule has 23 heavy (non-hydrogen) atoms. The topological polar surface area (TPSA) is 32.3 Å². The number of benzene rings is 2. The smallest absolute Gasteiger partial charge is 0.257 e. The molecule has 2 aromatic rings. The molecule has 0 aliphatic carbocycles. The summed E-state index contributed by atoms with van der Waals surface area (Å²) < 4.78 is 27.6. The van der Waals surface area contributed by atoms with E-state index in [4.69, 9.17) is 0 Å². The highest BCUT2D eigenvalue weighted by Gasteiger charge is 2.30. The molecule has 0 bridgehead atoms. The Bertz CT molecular complexity index is 733. The number of nitrogens with zero attached hydrogens (tertiary/aromatic N) is 1. The Morgan fingerprint density at radius 2 is 2.04 bits per heavy atom. The number of hydrogen-bond donors (Lipinski definition) is 1. The summed E-state index contributed by atoms with van der Waals surface area (Å²) >= 11 is 0. The van der Waals surface area contributed by atoms with E-state index < -0.39 is 5.82 Å². The van der Waals surface area contributed by atoms with Crippen molar-refractivity contribution >= 4 is 5.91 Å². The Balaban J connectivity index is 1.93. The Morgan fingerprint density at radius 3 is 2.78 bits per heavy atom. The van der Waals surface area contributed by atoms with E-state index in [2.05, 4.69) is 5.32 Å². The SMILES string of the molecule is Cc1ccc(C(=O)N2CCNCC2c2cccc(F)c2)c(F)c1. The third-order valence-corrected chi connectivity index (χ3v) is 4.09. The second kappa shape index (κ2) is 6.46. The van der Waals surface area contributed by atoms with Gasteiger partial charge in [-0.3, -0.25) is 4.79 Å². The van der Waals surface area contributed by atoms with Crippen LogP contribution in [-0.2, 0) is 0 Å². The molecular formula is C18H18F2N2O. The van der Waals surface area contributed by atoms with Gasteiger partial charge in [0.2, 0.25) is 0 Å². The third-order valence-electron chi connectivity index (χ3n) is 4.09. The van der Waals surface area contributed by atoms with Gasteiger partial charge in [0, 0.05) is 19.6 Å². The fourth-order valence-corrected chi connectivity index (χ4v) is 2.91. The summed E-state index contributed by atoms with van der Waals surface area (Å²) in [7, 11) is 0. The summed E-state index contributed by atoms with van der Waals surface area (Å²) in [6.45, 7) is 3.37. The predicted octanol–water partition coefficient (Wildman–Crippen LogP) is 3.06. The highest BCUT2D eigenvalue weighted by atomic mass is 19.1. The molecule has 1 aliphatic heterocycles. The van der Waals surface area contributed by atoms with E-state index in [0.717, 1.165) is 5.56 Å². The van der Waals surface area contributed by atoms with Gasteiger partial charge in [0.15, 0.2) is 0 Å². The lowest BCUT2D eigenvalue weighted by Gasteiger charge is -2.36. The van der Waals surface area contributed by atoms with Crippen LogP contribution in [0.4, 0.5) is 8.78 Å². The van der Waals surface area contributed by atoms with Crippen molar-refractivity contribution in [3.8, 4) is 0 Å². The minimum absolute atomic E-state index is 0.0545. The minimum atomic E-state index is -0.522. The van der Waals surface area contributed by atoms with Crippen LogP contribution < -0.4 is 5.32 Å². The van der Waals surface area contributed by atoms with Crippen molar-refractivity contribution in [1.29, 1.82) is 0 Å². The maximum absolute atomic E-state index is 14.1. The van der Waals surface area contributed by atoms with Crippen LogP contribution in [0.5, 0.6) is 0 Å². The molecule has 1 saturated heterocycles. The molecule has 0 radical (unpaired) electrons. The van der Waals surface area contributed by atoms with Gasteiger partial charge in [-0.25, -0.2) is 8.78 Å². The molecule has 1 N–H and O–H groups in total. The fourth-order valence-electron chi connectivity index (χ4n) is 2.91. The second-order valence-corrected chi connectivity index (χ2v) is 5.76. The lowest BCUT2D eigenvalue weighted by molar-refractivity contribution is 0.0629. The number of carbonyl (C=O) groups is 1. The first-order chi connectivity index (χ1) is 11.1. The first-order valence-corrected chi connectivity index (χ1v) is 7.59. The number of nitrogens with one attached hydrogen (secondary N) is 1. The highest BCUT2D eigenvalue weighted by molar-refractivity contribution is 5.95. The van der Waals surface area contributed by atoms with Gasteiger partial charge in [0.05, 0.1) is 11.6 Å². The zero-order valence-corrected chi connectivity index (χ0v) is 12.9. The van der Waals surface area contributed by atoms with Gasteiger partial charge in [-0.2, -0.15) is 0 Å². The molecule has 0 saturated carbocycles. The standard InChI is InChI=1S/C18H18F2N2O/c1-12-5-6-15(16(20)9-12)18(23)22-8-7-21-11-17(22)13-3-2-4-14(19)10-13/h2-6,9-10,17,21H,7-8,11H2,1H3. The molecule has 1 heterocycles. The average Bonchev–Trinajstić information content (AvgIpc) is 2.54. The molecule has 3 nitrogen and oxygen atoms in total. The Morgan fingerprint density at radius 1 is 1.22 bits per heavy atom. The Kier molecular flexibility index (Phi) is 4.39. The van der Waals surface area contributed by atoms with E-state index in [9.17, 15) is 13.6 Å². The van der Waals surface area contributed by atoms with Crippen LogP contribution in [-0.4, -0.2) is 30.4 Å². The summed E-state index contributed by atoms with van der Waals surface area (Å²) in [4.78, 5) is 14.4. The van der Waals surface area contributed by atoms with E-state index in [1.54, 1.807) is 30.0 Å². The average molecular weight is 316 g/mol. The second-order valence-electron chi connectivity index (χ2n) is 5.76. The normalized spacial score (nSPS) is 18.0. The summed E-state index contributed by atoms with van der Waals surface area (Å²) in [5.74, 6) is -1.23. The highest BCUT2D eigenvalue weighted by Crippen LogP contribution is 2.25. The van der Waals surface area contributed by atoms with Gasteiger partial charge in [0.25, 0.3) is 5.91 Å². The van der Waals surface area contributed by atoms with Crippen LogP contribution in [0.2, 0.25) is 0 Å². The van der Waals surface area contributed by atoms with Crippen molar-refractivity contribution in [2.45, 2.75) is 13.0 Å². The van der Waals surface area contributed by atoms with E-state index in [1.165, 1.54) is 24.3 Å². The lowest BCUT2D eigenvalue weighted by Crippen LogP contribution is -2.48. The molecule has 5 heteroatoms. The fraction of sp³-hybridized carbons (Fsp3) is 0.278. The van der Waals surface area contributed by atoms with Gasteiger partial charge < -0.3 is 10.2 Å². The number of amides is 1. The van der Waals surface area contributed by atoms with Crippen molar-refractivity contribution in [1.82, 2.24) is 10.2 Å². The molecular weight excluding hydrogens is 298 g/mol. The van der Waals surface area contributed by atoms with Gasteiger partial charge in [-0.1, -0.05) is 18.2 Å². The molecule has 1 fully saturated rings. The minimum Gasteiger partial charge on any atom is -0.329 e. The van der Waals surface area contributed by atoms with Crippen molar-refractivity contribution in [2.75, 3.05) is 19.6 Å². The molecule has 1 aliphatic rings. The first kappa shape index (κ1) is 15.6. The largest absolute Gasteiger partial charge is 0.329 e. The Labute approximate surface area is 133 Å². The first-order valence-electron chi connectivity index (χ1n) is 7.59. The van der Waals surface area contributed by atoms with E-state index in [0.29, 0.717) is 25.2 Å². The number of aryl methyl sites for hydroxylation is 1. The summed E-state index contributed by atoms with van der Waals surface area (Å²) in [6, 6.07) is 10.5. The maximum atomic E-state index is 14.1. The van der Waals surface area contributed by atoms with Crippen LogP contribution in [0.1, 0.15) is 27.5 Å². The quantitative estimate of drug-likeness (QED) is 0.923. The number of hydrogen-bond acceptors (Lipinski definition) is 2. The molecule has 1 amide bonds. The third kappa shape index (κ3) is 3.24. The number of rotatable bonds is 2. The lowest BCUT2D eigenvalue weighted by atomic mass is 10.0. The van der Waals surface area contributed by atoms with Crippen molar-refractivity contribution in [3.63, 3.8) is 0 Å². The number of carbonyl (C=O) groups excluding carboxylic acids is 1. The van der Waals surface area contributed by atoms with Crippen molar-refractivity contribution in [2.24, 2.45) is 0 Å². The van der Waals surface area contributed by atoms with Crippen LogP contribution in [0.25, 0.3) is 0 Å². The zero-order valence-electron chi connectivity index (χ0n) is 12.9. The maximum Gasteiger partial charge on any atom is 0.257 e. The van der Waals surface area contributed by atoms with Crippen LogP contribution >= 0.6 is 0 Å². The summed E-state index contributed by atoms with van der Waals surface area (Å²) in [5.41, 5.74) is 1.53. The predicted molar refractivity (Wildman–Crippen MR) is 84.2 cm³/mol. The van der Waals surface area contributed by atoms with E-state index in [-0.39, 0.29) is 23.3 Å². The zero-order chi connectivity index (χ0) is 16.4. The molecule has 120 valence electrons. The number of piperazine rings is 1. The van der Waals surface area contributed by atoms with E-state index >= 15 is 0 Å². The van der Waals surface area contributed by atoms with E-state index in [1.807, 2.05) is 0 Å². The van der Waals surface area contributed by atoms with Crippen LogP contribution in [0.3, 0.4) is 0 Å². The Hall–Kier alpha value is -2.27. The van der Waals surface area contributed by atoms with Gasteiger partial charge in [-0.05, 0) is 42.3 Å². The van der Waals surface area contributed by atoms with Crippen molar-refractivity contribution < 1.29 is 13.6 Å².